The lowest BCUT2D eigenvalue weighted by Crippen LogP contribution is -2.01. The van der Waals surface area contributed by atoms with E-state index in [0.717, 1.165) is 17.1 Å². The van der Waals surface area contributed by atoms with Gasteiger partial charge in [0, 0.05) is 12.7 Å². The number of hydrogen-bond acceptors (Lipinski definition) is 4. The maximum absolute atomic E-state index is 8.69. The molecule has 0 aliphatic rings. The van der Waals surface area contributed by atoms with Crippen molar-refractivity contribution in [1.82, 2.24) is 4.98 Å². The number of ether oxygens (including phenoxy) is 1. The van der Waals surface area contributed by atoms with Gasteiger partial charge in [-0.1, -0.05) is 12.1 Å². The maximum Gasteiger partial charge on any atom is 0.126 e. The summed E-state index contributed by atoms with van der Waals surface area (Å²) in [5.41, 5.74) is 1.68. The number of rotatable bonds is 5. The minimum absolute atomic E-state index is 0.559. The van der Waals surface area contributed by atoms with Crippen molar-refractivity contribution in [2.24, 2.45) is 0 Å². The van der Waals surface area contributed by atoms with Crippen LogP contribution in [-0.4, -0.2) is 11.6 Å². The molecule has 1 heterocycles. The Morgan fingerprint density at radius 3 is 2.89 bits per heavy atom. The van der Waals surface area contributed by atoms with E-state index in [9.17, 15) is 0 Å². The summed E-state index contributed by atoms with van der Waals surface area (Å²) in [6, 6.07) is 13.5. The Morgan fingerprint density at radius 1 is 1.32 bits per heavy atom. The van der Waals surface area contributed by atoms with Gasteiger partial charge in [-0.15, -0.1) is 0 Å². The smallest absolute Gasteiger partial charge is 0.126 e. The van der Waals surface area contributed by atoms with Crippen molar-refractivity contribution in [2.45, 2.75) is 13.5 Å². The SMILES string of the molecule is CCOc1cccc(CNc2ccc(C#N)cn2)c1. The molecule has 1 N–H and O–H groups in total. The van der Waals surface area contributed by atoms with Crippen LogP contribution < -0.4 is 10.1 Å². The monoisotopic (exact) mass is 253 g/mol. The summed E-state index contributed by atoms with van der Waals surface area (Å²) in [6.45, 7) is 3.29. The summed E-state index contributed by atoms with van der Waals surface area (Å²) >= 11 is 0. The van der Waals surface area contributed by atoms with Crippen molar-refractivity contribution in [3.63, 3.8) is 0 Å². The van der Waals surface area contributed by atoms with Gasteiger partial charge >= 0.3 is 0 Å². The molecule has 0 spiro atoms. The van der Waals surface area contributed by atoms with E-state index < -0.39 is 0 Å². The standard InChI is InChI=1S/C15H15N3O/c1-2-19-14-5-3-4-12(8-14)10-17-15-7-6-13(9-16)11-18-15/h3-8,11H,2,10H2,1H3,(H,17,18). The number of anilines is 1. The molecular formula is C15H15N3O. The van der Waals surface area contributed by atoms with E-state index in [1.165, 1.54) is 0 Å². The molecule has 0 aliphatic heterocycles. The highest BCUT2D eigenvalue weighted by Gasteiger charge is 1.98. The second-order valence-corrected chi connectivity index (χ2v) is 3.98. The number of nitrogens with one attached hydrogen (secondary N) is 1. The average molecular weight is 253 g/mol. The molecule has 0 unspecified atom stereocenters. The van der Waals surface area contributed by atoms with Crippen molar-refractivity contribution in [3.05, 3.63) is 53.7 Å². The van der Waals surface area contributed by atoms with E-state index in [1.807, 2.05) is 37.3 Å². The number of nitriles is 1. The van der Waals surface area contributed by atoms with Crippen LogP contribution in [0.25, 0.3) is 0 Å². The van der Waals surface area contributed by atoms with E-state index in [2.05, 4.69) is 10.3 Å². The Labute approximate surface area is 112 Å². The van der Waals surface area contributed by atoms with Gasteiger partial charge < -0.3 is 10.1 Å². The van der Waals surface area contributed by atoms with Crippen LogP contribution in [0.5, 0.6) is 5.75 Å². The molecule has 0 saturated carbocycles. The molecule has 2 aromatic rings. The predicted molar refractivity (Wildman–Crippen MR) is 73.9 cm³/mol. The molecule has 4 heteroatoms. The van der Waals surface area contributed by atoms with Crippen molar-refractivity contribution >= 4 is 5.82 Å². The highest BCUT2D eigenvalue weighted by atomic mass is 16.5. The zero-order valence-corrected chi connectivity index (χ0v) is 10.8. The van der Waals surface area contributed by atoms with E-state index in [1.54, 1.807) is 18.3 Å². The molecule has 0 amide bonds. The van der Waals surface area contributed by atoms with Gasteiger partial charge in [-0.25, -0.2) is 4.98 Å². The van der Waals surface area contributed by atoms with E-state index in [4.69, 9.17) is 10.00 Å². The number of aromatic nitrogens is 1. The Kier molecular flexibility index (Phi) is 4.35. The number of benzene rings is 1. The first-order chi connectivity index (χ1) is 9.31. The van der Waals surface area contributed by atoms with Crippen LogP contribution in [0.4, 0.5) is 5.82 Å². The molecule has 1 aromatic carbocycles. The number of nitrogens with zero attached hydrogens (tertiary/aromatic N) is 2. The molecule has 0 atom stereocenters. The predicted octanol–water partition coefficient (Wildman–Crippen LogP) is 2.96. The summed E-state index contributed by atoms with van der Waals surface area (Å²) in [7, 11) is 0. The van der Waals surface area contributed by atoms with E-state index in [0.29, 0.717) is 18.7 Å². The summed E-state index contributed by atoms with van der Waals surface area (Å²) in [5, 5.41) is 11.9. The van der Waals surface area contributed by atoms with Crippen LogP contribution in [0.3, 0.4) is 0 Å². The molecule has 96 valence electrons. The summed E-state index contributed by atoms with van der Waals surface area (Å²) in [6.07, 6.45) is 1.55. The fourth-order valence-electron chi connectivity index (χ4n) is 1.67. The highest BCUT2D eigenvalue weighted by molar-refractivity contribution is 5.40. The van der Waals surface area contributed by atoms with E-state index >= 15 is 0 Å². The van der Waals surface area contributed by atoms with Gasteiger partial charge in [0.15, 0.2) is 0 Å². The molecule has 0 saturated heterocycles. The largest absolute Gasteiger partial charge is 0.494 e. The molecule has 0 radical (unpaired) electrons. The lowest BCUT2D eigenvalue weighted by molar-refractivity contribution is 0.340. The quantitative estimate of drug-likeness (QED) is 0.890. The van der Waals surface area contributed by atoms with Crippen molar-refractivity contribution in [1.29, 1.82) is 5.26 Å². The topological polar surface area (TPSA) is 57.9 Å². The first-order valence-electron chi connectivity index (χ1n) is 6.13. The van der Waals surface area contributed by atoms with Crippen LogP contribution in [-0.2, 0) is 6.54 Å². The van der Waals surface area contributed by atoms with Gasteiger partial charge in [0.2, 0.25) is 0 Å². The summed E-state index contributed by atoms with van der Waals surface area (Å²) < 4.78 is 5.45. The highest BCUT2D eigenvalue weighted by Crippen LogP contribution is 2.14. The average Bonchev–Trinajstić information content (AvgIpc) is 2.46. The van der Waals surface area contributed by atoms with Gasteiger partial charge in [-0.3, -0.25) is 0 Å². The molecule has 0 aliphatic carbocycles. The van der Waals surface area contributed by atoms with Gasteiger partial charge in [0.1, 0.15) is 17.6 Å². The van der Waals surface area contributed by atoms with Gasteiger partial charge in [0.25, 0.3) is 0 Å². The van der Waals surface area contributed by atoms with Gasteiger partial charge in [-0.2, -0.15) is 5.26 Å². The van der Waals surface area contributed by atoms with Crippen LogP contribution >= 0.6 is 0 Å². The first-order valence-corrected chi connectivity index (χ1v) is 6.13. The van der Waals surface area contributed by atoms with Crippen LogP contribution in [0, 0.1) is 11.3 Å². The van der Waals surface area contributed by atoms with Crippen LogP contribution in [0.1, 0.15) is 18.1 Å². The van der Waals surface area contributed by atoms with Gasteiger partial charge in [0.05, 0.1) is 12.2 Å². The minimum Gasteiger partial charge on any atom is -0.494 e. The molecule has 19 heavy (non-hydrogen) atoms. The third-order valence-electron chi connectivity index (χ3n) is 2.58. The normalized spacial score (nSPS) is 9.68. The molecular weight excluding hydrogens is 238 g/mol. The molecule has 2 rings (SSSR count). The molecule has 4 nitrogen and oxygen atoms in total. The van der Waals surface area contributed by atoms with Crippen LogP contribution in [0.15, 0.2) is 42.6 Å². The Balaban J connectivity index is 1.97. The lowest BCUT2D eigenvalue weighted by atomic mass is 10.2. The maximum atomic E-state index is 8.69. The lowest BCUT2D eigenvalue weighted by Gasteiger charge is -2.08. The fourth-order valence-corrected chi connectivity index (χ4v) is 1.67. The van der Waals surface area contributed by atoms with Gasteiger partial charge in [-0.05, 0) is 36.8 Å². The summed E-state index contributed by atoms with van der Waals surface area (Å²) in [4.78, 5) is 4.16. The number of hydrogen-bond donors (Lipinski definition) is 1. The molecule has 1 aromatic heterocycles. The first kappa shape index (κ1) is 12.9. The fraction of sp³-hybridized carbons (Fsp3) is 0.200. The number of pyridine rings is 1. The van der Waals surface area contributed by atoms with Crippen molar-refractivity contribution < 1.29 is 4.74 Å². The van der Waals surface area contributed by atoms with E-state index in [-0.39, 0.29) is 0 Å². The molecule has 0 fully saturated rings. The second-order valence-electron chi connectivity index (χ2n) is 3.98. The molecule has 0 bridgehead atoms. The zero-order chi connectivity index (χ0) is 13.5. The van der Waals surface area contributed by atoms with Crippen molar-refractivity contribution in [2.75, 3.05) is 11.9 Å². The Morgan fingerprint density at radius 2 is 2.21 bits per heavy atom. The third-order valence-corrected chi connectivity index (χ3v) is 2.58. The Bertz CT molecular complexity index is 573. The third kappa shape index (κ3) is 3.71. The minimum atomic E-state index is 0.559. The zero-order valence-electron chi connectivity index (χ0n) is 10.8. The van der Waals surface area contributed by atoms with Crippen LogP contribution in [0.2, 0.25) is 0 Å². The Hall–Kier alpha value is -2.54. The second kappa shape index (κ2) is 6.41. The summed E-state index contributed by atoms with van der Waals surface area (Å²) in [5.74, 6) is 1.62. The van der Waals surface area contributed by atoms with Crippen molar-refractivity contribution in [3.8, 4) is 11.8 Å².